The van der Waals surface area contributed by atoms with E-state index >= 15 is 0 Å². The summed E-state index contributed by atoms with van der Waals surface area (Å²) >= 11 is 0. The van der Waals surface area contributed by atoms with E-state index in [-0.39, 0.29) is 18.4 Å². The highest BCUT2D eigenvalue weighted by Crippen LogP contribution is 2.66. The van der Waals surface area contributed by atoms with Gasteiger partial charge in [0.1, 0.15) is 6.54 Å². The van der Waals surface area contributed by atoms with E-state index in [1.54, 1.807) is 4.90 Å². The molecular formula is C33H33N5O2. The van der Waals surface area contributed by atoms with Gasteiger partial charge >= 0.3 is 0 Å². The molecule has 7 rings (SSSR count). The Hall–Kier alpha value is -4.23. The second kappa shape index (κ2) is 9.75. The maximum Gasteiger partial charge on any atom is 0.238 e. The molecule has 3 aromatic carbocycles. The fraction of sp³-hybridized carbons (Fsp3) is 0.303. The van der Waals surface area contributed by atoms with Crippen molar-refractivity contribution in [2.24, 2.45) is 5.73 Å². The van der Waals surface area contributed by atoms with E-state index in [1.807, 2.05) is 24.3 Å². The second-order valence-corrected chi connectivity index (χ2v) is 11.4. The van der Waals surface area contributed by atoms with Crippen molar-refractivity contribution in [2.75, 3.05) is 24.5 Å². The van der Waals surface area contributed by atoms with Crippen molar-refractivity contribution in [2.45, 2.75) is 43.6 Å². The molecule has 3 N–H and O–H groups in total. The number of hydrogen-bond acceptors (Lipinski definition) is 4. The topological polar surface area (TPSA) is 95.3 Å². The number of nitrogens with zero attached hydrogens (tertiary/aromatic N) is 3. The Morgan fingerprint density at radius 2 is 1.82 bits per heavy atom. The zero-order chi connectivity index (χ0) is 27.3. The monoisotopic (exact) mass is 531 g/mol. The predicted octanol–water partition coefficient (Wildman–Crippen LogP) is 4.98. The van der Waals surface area contributed by atoms with Gasteiger partial charge in [-0.2, -0.15) is 5.10 Å². The number of benzene rings is 3. The molecule has 1 aliphatic carbocycles. The van der Waals surface area contributed by atoms with Crippen LogP contribution in [0.2, 0.25) is 0 Å². The summed E-state index contributed by atoms with van der Waals surface area (Å²) < 4.78 is 0. The molecule has 1 aromatic heterocycles. The van der Waals surface area contributed by atoms with Crippen LogP contribution in [0.25, 0.3) is 23.1 Å². The van der Waals surface area contributed by atoms with E-state index in [0.29, 0.717) is 0 Å². The molecule has 7 nitrogen and oxygen atoms in total. The molecule has 1 saturated heterocycles. The SMILES string of the molecule is NC(=O)CN1C(=O)[C@@]2(CC2c2ccc3c(/C=C/c4ccc(CN5CCCCC5)cc4)n[nH]c3c2)c2ccccc21. The van der Waals surface area contributed by atoms with Crippen molar-refractivity contribution in [3.8, 4) is 0 Å². The van der Waals surface area contributed by atoms with Crippen molar-refractivity contribution in [3.63, 3.8) is 0 Å². The number of primary amides is 1. The van der Waals surface area contributed by atoms with Crippen LogP contribution < -0.4 is 10.6 Å². The van der Waals surface area contributed by atoms with Gasteiger partial charge in [-0.3, -0.25) is 19.6 Å². The molecule has 1 saturated carbocycles. The molecule has 2 atom stereocenters. The molecule has 2 amide bonds. The number of carbonyl (C=O) groups excluding carboxylic acids is 2. The highest BCUT2D eigenvalue weighted by atomic mass is 16.2. The number of aromatic nitrogens is 2. The zero-order valence-electron chi connectivity index (χ0n) is 22.5. The van der Waals surface area contributed by atoms with Gasteiger partial charge < -0.3 is 10.6 Å². The highest BCUT2D eigenvalue weighted by Gasteiger charge is 2.67. The number of anilines is 1. The first kappa shape index (κ1) is 24.8. The number of fused-ring (bicyclic) bond motifs is 3. The van der Waals surface area contributed by atoms with Gasteiger partial charge in [-0.25, -0.2) is 0 Å². The van der Waals surface area contributed by atoms with Gasteiger partial charge in [0.25, 0.3) is 0 Å². The summed E-state index contributed by atoms with van der Waals surface area (Å²) in [6.07, 6.45) is 8.85. The lowest BCUT2D eigenvalue weighted by atomic mass is 9.92. The van der Waals surface area contributed by atoms with Gasteiger partial charge in [0.05, 0.1) is 16.6 Å². The minimum absolute atomic E-state index is 0.0345. The number of carbonyl (C=O) groups is 2. The van der Waals surface area contributed by atoms with E-state index in [4.69, 9.17) is 5.73 Å². The number of likely N-dealkylation sites (tertiary alicyclic amines) is 1. The van der Waals surface area contributed by atoms with E-state index in [2.05, 4.69) is 69.7 Å². The summed E-state index contributed by atoms with van der Waals surface area (Å²) in [5.74, 6) is -0.493. The summed E-state index contributed by atoms with van der Waals surface area (Å²) in [6.45, 7) is 3.34. The molecule has 7 heteroatoms. The number of aromatic amines is 1. The first-order valence-electron chi connectivity index (χ1n) is 14.2. The lowest BCUT2D eigenvalue weighted by Gasteiger charge is -2.26. The van der Waals surface area contributed by atoms with Gasteiger partial charge in [-0.15, -0.1) is 0 Å². The minimum atomic E-state index is -0.622. The average Bonchev–Trinajstić information content (AvgIpc) is 3.54. The maximum absolute atomic E-state index is 13.6. The smallest absolute Gasteiger partial charge is 0.238 e. The average molecular weight is 532 g/mol. The van der Waals surface area contributed by atoms with Gasteiger partial charge in [-0.05, 0) is 72.8 Å². The summed E-state index contributed by atoms with van der Waals surface area (Å²) in [6, 6.07) is 22.9. The third-order valence-electron chi connectivity index (χ3n) is 8.86. The number of piperidine rings is 1. The van der Waals surface area contributed by atoms with E-state index in [1.165, 1.54) is 37.9 Å². The van der Waals surface area contributed by atoms with Crippen molar-refractivity contribution < 1.29 is 9.59 Å². The van der Waals surface area contributed by atoms with Crippen LogP contribution in [0.4, 0.5) is 5.69 Å². The van der Waals surface area contributed by atoms with Crippen molar-refractivity contribution >= 4 is 40.6 Å². The largest absolute Gasteiger partial charge is 0.368 e. The fourth-order valence-corrected chi connectivity index (χ4v) is 6.75. The molecule has 3 aliphatic rings. The van der Waals surface area contributed by atoms with Gasteiger partial charge in [0.2, 0.25) is 11.8 Å². The van der Waals surface area contributed by atoms with Crippen LogP contribution >= 0.6 is 0 Å². The molecule has 3 heterocycles. The molecule has 0 radical (unpaired) electrons. The highest BCUT2D eigenvalue weighted by molar-refractivity contribution is 6.13. The van der Waals surface area contributed by atoms with Gasteiger partial charge in [-0.1, -0.05) is 67.1 Å². The van der Waals surface area contributed by atoms with Crippen molar-refractivity contribution in [1.82, 2.24) is 15.1 Å². The Bertz CT molecular complexity index is 1630. The van der Waals surface area contributed by atoms with Crippen LogP contribution in [0.3, 0.4) is 0 Å². The van der Waals surface area contributed by atoms with Crippen LogP contribution in [0, 0.1) is 0 Å². The minimum Gasteiger partial charge on any atom is -0.368 e. The Morgan fingerprint density at radius 1 is 1.02 bits per heavy atom. The quantitative estimate of drug-likeness (QED) is 0.352. The Morgan fingerprint density at radius 3 is 2.62 bits per heavy atom. The van der Waals surface area contributed by atoms with Crippen LogP contribution in [0.5, 0.6) is 0 Å². The van der Waals surface area contributed by atoms with Gasteiger partial charge in [0.15, 0.2) is 0 Å². The fourth-order valence-electron chi connectivity index (χ4n) is 6.75. The molecule has 2 fully saturated rings. The third-order valence-corrected chi connectivity index (χ3v) is 8.86. The number of rotatable bonds is 7. The zero-order valence-corrected chi connectivity index (χ0v) is 22.5. The number of nitrogens with one attached hydrogen (secondary N) is 1. The van der Waals surface area contributed by atoms with Crippen LogP contribution in [0.1, 0.15) is 59.5 Å². The number of H-pyrrole nitrogens is 1. The van der Waals surface area contributed by atoms with Crippen molar-refractivity contribution in [3.05, 3.63) is 94.7 Å². The molecule has 40 heavy (non-hydrogen) atoms. The van der Waals surface area contributed by atoms with Crippen LogP contribution in [-0.2, 0) is 21.5 Å². The Balaban J connectivity index is 1.09. The maximum atomic E-state index is 13.6. The summed E-state index contributed by atoms with van der Waals surface area (Å²) in [7, 11) is 0. The number of nitrogens with two attached hydrogens (primary N) is 1. The standard InChI is InChI=1S/C33H33N5O2/c34-31(39)21-38-30-7-3-2-6-26(30)33(32(38)40)19-27(33)24-13-14-25-28(35-36-29(25)18-24)15-12-22-8-10-23(11-9-22)20-37-16-4-1-5-17-37/h2-3,6-15,18,27H,1,4-5,16-17,19-21H2,(H2,34,39)(H,35,36)/b15-12+/t27?,33-/m0/s1. The summed E-state index contributed by atoms with van der Waals surface area (Å²) in [5, 5.41) is 8.80. The van der Waals surface area contributed by atoms with E-state index < -0.39 is 11.3 Å². The number of amides is 2. The second-order valence-electron chi connectivity index (χ2n) is 11.4. The lowest BCUT2D eigenvalue weighted by molar-refractivity contribution is -0.123. The number of para-hydroxylation sites is 1. The van der Waals surface area contributed by atoms with Crippen molar-refractivity contribution in [1.29, 1.82) is 0 Å². The van der Waals surface area contributed by atoms with Gasteiger partial charge in [0, 0.05) is 23.5 Å². The van der Waals surface area contributed by atoms with E-state index in [9.17, 15) is 9.59 Å². The van der Waals surface area contributed by atoms with Crippen LogP contribution in [0.15, 0.2) is 66.7 Å². The normalized spacial score (nSPS) is 22.4. The molecule has 202 valence electrons. The first-order valence-corrected chi connectivity index (χ1v) is 14.2. The molecule has 4 aromatic rings. The van der Waals surface area contributed by atoms with Crippen LogP contribution in [-0.4, -0.2) is 46.5 Å². The number of hydrogen-bond donors (Lipinski definition) is 2. The Kier molecular flexibility index (Phi) is 6.04. The molecule has 2 aliphatic heterocycles. The molecular weight excluding hydrogens is 498 g/mol. The Labute approximate surface area is 233 Å². The first-order chi connectivity index (χ1) is 19.5. The summed E-state index contributed by atoms with van der Waals surface area (Å²) in [4.78, 5) is 29.3. The third kappa shape index (κ3) is 4.21. The predicted molar refractivity (Wildman–Crippen MR) is 158 cm³/mol. The molecule has 0 bridgehead atoms. The summed E-state index contributed by atoms with van der Waals surface area (Å²) in [5.41, 5.74) is 12.1. The lowest BCUT2D eigenvalue weighted by Crippen LogP contribution is -2.39. The molecule has 1 spiro atoms. The van der Waals surface area contributed by atoms with E-state index in [0.717, 1.165) is 51.9 Å². The molecule has 1 unspecified atom stereocenters.